The van der Waals surface area contributed by atoms with Crippen LogP contribution in [-0.2, 0) is 6.54 Å². The molecule has 4 heteroatoms. The fourth-order valence-corrected chi connectivity index (χ4v) is 3.96. The van der Waals surface area contributed by atoms with Gasteiger partial charge in [-0.1, -0.05) is 78.9 Å². The Bertz CT molecular complexity index is 868. The number of hydrazine groups is 1. The van der Waals surface area contributed by atoms with Crippen molar-refractivity contribution in [2.45, 2.75) is 19.0 Å². The molecule has 0 radical (unpaired) electrons. The van der Waals surface area contributed by atoms with Gasteiger partial charge in [0.1, 0.15) is 0 Å². The zero-order valence-corrected chi connectivity index (χ0v) is 16.0. The highest BCUT2D eigenvalue weighted by Crippen LogP contribution is 2.34. The first-order chi connectivity index (χ1) is 13.3. The van der Waals surface area contributed by atoms with Gasteiger partial charge in [-0.3, -0.25) is 5.01 Å². The topological polar surface area (TPSA) is 18.5 Å². The molecule has 1 heterocycles. The van der Waals surface area contributed by atoms with Crippen LogP contribution in [0.25, 0.3) is 0 Å². The van der Waals surface area contributed by atoms with Crippen LogP contribution in [0.15, 0.2) is 91.0 Å². The second-order valence-corrected chi connectivity index (χ2v) is 7.12. The summed E-state index contributed by atoms with van der Waals surface area (Å²) in [6.07, 6.45) is 1.05. The molecule has 1 aliphatic rings. The van der Waals surface area contributed by atoms with Crippen molar-refractivity contribution in [1.82, 2.24) is 10.0 Å². The van der Waals surface area contributed by atoms with Crippen LogP contribution in [0, 0.1) is 0 Å². The summed E-state index contributed by atoms with van der Waals surface area (Å²) in [4.78, 5) is 0. The molecule has 1 saturated heterocycles. The minimum atomic E-state index is 0.249. The lowest BCUT2D eigenvalue weighted by Crippen LogP contribution is -2.44. The number of nitrogens with zero attached hydrogens (tertiary/aromatic N) is 2. The average molecular weight is 374 g/mol. The highest BCUT2D eigenvalue weighted by Gasteiger charge is 2.34. The van der Waals surface area contributed by atoms with E-state index in [-0.39, 0.29) is 6.04 Å². The summed E-state index contributed by atoms with van der Waals surface area (Å²) < 4.78 is 0. The van der Waals surface area contributed by atoms with E-state index in [0.29, 0.717) is 0 Å². The maximum absolute atomic E-state index is 5.84. The van der Waals surface area contributed by atoms with Crippen molar-refractivity contribution in [1.29, 1.82) is 0 Å². The van der Waals surface area contributed by atoms with Gasteiger partial charge < -0.3 is 5.32 Å². The van der Waals surface area contributed by atoms with Gasteiger partial charge in [-0.05, 0) is 41.9 Å². The average Bonchev–Trinajstić information content (AvgIpc) is 3.14. The molecule has 0 spiro atoms. The first kappa shape index (κ1) is 17.7. The molecule has 0 unspecified atom stereocenters. The van der Waals surface area contributed by atoms with Gasteiger partial charge in [0.25, 0.3) is 0 Å². The van der Waals surface area contributed by atoms with Crippen LogP contribution in [0.2, 0.25) is 0 Å². The quantitative estimate of drug-likeness (QED) is 0.630. The molecule has 0 aliphatic carbocycles. The van der Waals surface area contributed by atoms with Crippen LogP contribution in [0.4, 0.5) is 5.69 Å². The fraction of sp³-hybridized carbons (Fsp3) is 0.174. The summed E-state index contributed by atoms with van der Waals surface area (Å²) in [5, 5.41) is 8.76. The number of para-hydroxylation sites is 1. The first-order valence-electron chi connectivity index (χ1n) is 9.30. The minimum absolute atomic E-state index is 0.249. The predicted molar refractivity (Wildman–Crippen MR) is 115 cm³/mol. The summed E-state index contributed by atoms with van der Waals surface area (Å²) in [6.45, 7) is 1.83. The highest BCUT2D eigenvalue weighted by atomic mass is 32.1. The molecule has 3 nitrogen and oxygen atoms in total. The van der Waals surface area contributed by atoms with Crippen LogP contribution in [0.5, 0.6) is 0 Å². The second kappa shape index (κ2) is 8.33. The molecule has 0 amide bonds. The highest BCUT2D eigenvalue weighted by molar-refractivity contribution is 7.80. The van der Waals surface area contributed by atoms with Crippen LogP contribution in [-0.4, -0.2) is 21.7 Å². The molecule has 4 rings (SSSR count). The summed E-state index contributed by atoms with van der Waals surface area (Å²) in [6, 6.07) is 31.6. The van der Waals surface area contributed by atoms with Gasteiger partial charge in [-0.15, -0.1) is 0 Å². The van der Waals surface area contributed by atoms with Crippen molar-refractivity contribution < 1.29 is 0 Å². The Kier molecular flexibility index (Phi) is 5.47. The number of anilines is 1. The number of nitrogens with one attached hydrogen (secondary N) is 1. The fourth-order valence-electron chi connectivity index (χ4n) is 3.60. The zero-order chi connectivity index (χ0) is 18.5. The summed E-state index contributed by atoms with van der Waals surface area (Å²) in [7, 11) is 0. The van der Waals surface area contributed by atoms with Gasteiger partial charge in [0.15, 0.2) is 5.11 Å². The van der Waals surface area contributed by atoms with Crippen molar-refractivity contribution in [3.05, 3.63) is 102 Å². The molecule has 0 aromatic heterocycles. The van der Waals surface area contributed by atoms with E-state index in [1.807, 2.05) is 30.3 Å². The Labute approximate surface area is 166 Å². The lowest BCUT2D eigenvalue weighted by Gasteiger charge is -2.35. The Morgan fingerprint density at radius 3 is 2.11 bits per heavy atom. The molecule has 1 atom stereocenters. The van der Waals surface area contributed by atoms with Gasteiger partial charge in [-0.2, -0.15) is 0 Å². The Hall–Kier alpha value is -2.69. The van der Waals surface area contributed by atoms with E-state index in [1.165, 1.54) is 11.1 Å². The Morgan fingerprint density at radius 2 is 1.44 bits per heavy atom. The van der Waals surface area contributed by atoms with Crippen LogP contribution < -0.4 is 5.32 Å². The normalized spacial score (nSPS) is 17.0. The molecular formula is C23H23N3S. The number of benzene rings is 3. The van der Waals surface area contributed by atoms with Crippen molar-refractivity contribution >= 4 is 23.0 Å². The third kappa shape index (κ3) is 4.18. The second-order valence-electron chi connectivity index (χ2n) is 6.73. The van der Waals surface area contributed by atoms with Crippen LogP contribution in [0.1, 0.15) is 23.6 Å². The lowest BCUT2D eigenvalue weighted by atomic mass is 10.1. The minimum Gasteiger partial charge on any atom is -0.332 e. The van der Waals surface area contributed by atoms with E-state index in [1.54, 1.807) is 0 Å². The summed E-state index contributed by atoms with van der Waals surface area (Å²) in [5.41, 5.74) is 3.60. The van der Waals surface area contributed by atoms with Crippen LogP contribution in [0.3, 0.4) is 0 Å². The van der Waals surface area contributed by atoms with Gasteiger partial charge in [0.05, 0.1) is 6.04 Å². The van der Waals surface area contributed by atoms with E-state index in [0.717, 1.165) is 30.3 Å². The number of hydrogen-bond donors (Lipinski definition) is 1. The van der Waals surface area contributed by atoms with Crippen molar-refractivity contribution in [2.75, 3.05) is 11.9 Å². The van der Waals surface area contributed by atoms with E-state index in [4.69, 9.17) is 12.2 Å². The molecule has 27 heavy (non-hydrogen) atoms. The zero-order valence-electron chi connectivity index (χ0n) is 15.2. The van der Waals surface area contributed by atoms with E-state index < -0.39 is 0 Å². The van der Waals surface area contributed by atoms with Gasteiger partial charge in [0, 0.05) is 18.8 Å². The number of thiocarbonyl (C=S) groups is 1. The molecule has 136 valence electrons. The number of hydrogen-bond acceptors (Lipinski definition) is 2. The van der Waals surface area contributed by atoms with Gasteiger partial charge >= 0.3 is 0 Å². The Balaban J connectivity index is 1.60. The van der Waals surface area contributed by atoms with Crippen molar-refractivity contribution in [3.8, 4) is 0 Å². The third-order valence-corrected chi connectivity index (χ3v) is 5.18. The standard InChI is InChI=1S/C23H23N3S/c27-23(24-21-14-8-3-9-15-21)26-22(20-12-6-2-7-13-20)16-17-25(26)18-19-10-4-1-5-11-19/h1-15,22H,16-18H2,(H,24,27)/t22-/m1/s1. The molecular weight excluding hydrogens is 350 g/mol. The SMILES string of the molecule is S=C(Nc1ccccc1)N1[C@@H](c2ccccc2)CCN1Cc1ccccc1. The largest absolute Gasteiger partial charge is 0.332 e. The summed E-state index contributed by atoms with van der Waals surface area (Å²) >= 11 is 5.84. The van der Waals surface area contributed by atoms with Crippen LogP contribution >= 0.6 is 12.2 Å². The van der Waals surface area contributed by atoms with E-state index in [2.05, 4.69) is 76.0 Å². The van der Waals surface area contributed by atoms with E-state index >= 15 is 0 Å². The number of rotatable bonds is 4. The first-order valence-corrected chi connectivity index (χ1v) is 9.71. The third-order valence-electron chi connectivity index (χ3n) is 4.89. The van der Waals surface area contributed by atoms with Gasteiger partial charge in [0.2, 0.25) is 0 Å². The molecule has 0 saturated carbocycles. The van der Waals surface area contributed by atoms with Gasteiger partial charge in [-0.25, -0.2) is 5.01 Å². The maximum Gasteiger partial charge on any atom is 0.188 e. The monoisotopic (exact) mass is 373 g/mol. The predicted octanol–water partition coefficient (Wildman–Crippen LogP) is 5.25. The summed E-state index contributed by atoms with van der Waals surface area (Å²) in [5.74, 6) is 0. The van der Waals surface area contributed by atoms with E-state index in [9.17, 15) is 0 Å². The Morgan fingerprint density at radius 1 is 0.852 bits per heavy atom. The maximum atomic E-state index is 5.84. The van der Waals surface area contributed by atoms with Crippen molar-refractivity contribution in [3.63, 3.8) is 0 Å². The molecule has 1 aliphatic heterocycles. The molecule has 1 N–H and O–H groups in total. The van der Waals surface area contributed by atoms with Crippen molar-refractivity contribution in [2.24, 2.45) is 0 Å². The molecule has 0 bridgehead atoms. The lowest BCUT2D eigenvalue weighted by molar-refractivity contribution is 0.0692. The molecule has 3 aromatic rings. The molecule has 3 aromatic carbocycles. The molecule has 1 fully saturated rings. The smallest absolute Gasteiger partial charge is 0.188 e.